The van der Waals surface area contributed by atoms with Crippen molar-refractivity contribution >= 4 is 17.2 Å². The molecule has 2 aromatic heterocycles. The fourth-order valence-electron chi connectivity index (χ4n) is 4.18. The van der Waals surface area contributed by atoms with Crippen molar-refractivity contribution in [1.82, 2.24) is 15.4 Å². The molecule has 0 saturated carbocycles. The molecule has 1 amide bonds. The minimum absolute atomic E-state index is 0.157. The number of rotatable bonds is 5. The Hall–Kier alpha value is -2.48. The standard InChI is InChI=1S/C23H27N3O3S/c1-15-18(16(2)29-25-15)14-26-12-11-23(3,28)21(20(26)19-10-7-13-30-19)24-22(27)17-8-5-4-6-9-17/h4-10,13,20-21,28H,11-12,14H2,1-3H3,(H,24,27). The monoisotopic (exact) mass is 425 g/mol. The van der Waals surface area contributed by atoms with Gasteiger partial charge < -0.3 is 14.9 Å². The van der Waals surface area contributed by atoms with Crippen LogP contribution in [-0.2, 0) is 6.54 Å². The first-order valence-corrected chi connectivity index (χ1v) is 11.0. The summed E-state index contributed by atoms with van der Waals surface area (Å²) in [5.41, 5.74) is 1.49. The molecular formula is C23H27N3O3S. The third-order valence-electron chi connectivity index (χ3n) is 5.98. The summed E-state index contributed by atoms with van der Waals surface area (Å²) in [5.74, 6) is 0.626. The first-order valence-electron chi connectivity index (χ1n) is 10.1. The van der Waals surface area contributed by atoms with Crippen LogP contribution in [-0.4, -0.2) is 39.3 Å². The van der Waals surface area contributed by atoms with Gasteiger partial charge in [-0.05, 0) is 50.8 Å². The normalized spacial score (nSPS) is 24.7. The van der Waals surface area contributed by atoms with E-state index in [0.717, 1.165) is 21.9 Å². The number of nitrogens with one attached hydrogen (secondary N) is 1. The summed E-state index contributed by atoms with van der Waals surface area (Å²) in [6.07, 6.45) is 0.554. The van der Waals surface area contributed by atoms with Crippen LogP contribution < -0.4 is 5.32 Å². The highest BCUT2D eigenvalue weighted by molar-refractivity contribution is 7.10. The maximum atomic E-state index is 13.0. The van der Waals surface area contributed by atoms with Crippen molar-refractivity contribution in [3.8, 4) is 0 Å². The van der Waals surface area contributed by atoms with E-state index in [-0.39, 0.29) is 11.9 Å². The number of carbonyl (C=O) groups is 1. The number of nitrogens with zero attached hydrogens (tertiary/aromatic N) is 2. The summed E-state index contributed by atoms with van der Waals surface area (Å²) in [6, 6.07) is 12.6. The summed E-state index contributed by atoms with van der Waals surface area (Å²) in [6.45, 7) is 7.04. The summed E-state index contributed by atoms with van der Waals surface area (Å²) >= 11 is 1.64. The minimum Gasteiger partial charge on any atom is -0.388 e. The number of aliphatic hydroxyl groups is 1. The summed E-state index contributed by atoms with van der Waals surface area (Å²) in [4.78, 5) is 16.4. The molecule has 3 unspecified atom stereocenters. The van der Waals surface area contributed by atoms with Gasteiger partial charge in [-0.2, -0.15) is 0 Å². The van der Waals surface area contributed by atoms with Gasteiger partial charge in [-0.1, -0.05) is 29.4 Å². The fourth-order valence-corrected chi connectivity index (χ4v) is 5.07. The zero-order chi connectivity index (χ0) is 21.3. The Kier molecular flexibility index (Phi) is 5.77. The quantitative estimate of drug-likeness (QED) is 0.649. The molecule has 3 aromatic rings. The zero-order valence-electron chi connectivity index (χ0n) is 17.5. The lowest BCUT2D eigenvalue weighted by molar-refractivity contribution is -0.0657. The third-order valence-corrected chi connectivity index (χ3v) is 6.93. The number of hydrogen-bond donors (Lipinski definition) is 2. The molecule has 0 aliphatic carbocycles. The van der Waals surface area contributed by atoms with Crippen LogP contribution in [0.3, 0.4) is 0 Å². The number of piperidine rings is 1. The lowest BCUT2D eigenvalue weighted by Gasteiger charge is -2.48. The lowest BCUT2D eigenvalue weighted by atomic mass is 9.81. The SMILES string of the molecule is Cc1noc(C)c1CN1CCC(C)(O)C(NC(=O)c2ccccc2)C1c1cccs1. The maximum Gasteiger partial charge on any atom is 0.251 e. The Morgan fingerprint density at radius 1 is 1.30 bits per heavy atom. The number of thiophene rings is 1. The van der Waals surface area contributed by atoms with Gasteiger partial charge in [-0.25, -0.2) is 0 Å². The van der Waals surface area contributed by atoms with E-state index in [1.54, 1.807) is 23.5 Å². The number of aromatic nitrogens is 1. The highest BCUT2D eigenvalue weighted by Crippen LogP contribution is 2.40. The van der Waals surface area contributed by atoms with E-state index in [9.17, 15) is 9.90 Å². The average Bonchev–Trinajstić information content (AvgIpc) is 3.37. The van der Waals surface area contributed by atoms with Crippen molar-refractivity contribution in [2.24, 2.45) is 0 Å². The molecule has 2 N–H and O–H groups in total. The van der Waals surface area contributed by atoms with Gasteiger partial charge in [0.15, 0.2) is 0 Å². The number of likely N-dealkylation sites (tertiary alicyclic amines) is 1. The van der Waals surface area contributed by atoms with Crippen LogP contribution in [0, 0.1) is 13.8 Å². The molecule has 3 atom stereocenters. The second kappa shape index (κ2) is 8.34. The van der Waals surface area contributed by atoms with E-state index >= 15 is 0 Å². The van der Waals surface area contributed by atoms with E-state index in [0.29, 0.717) is 25.1 Å². The molecule has 30 heavy (non-hydrogen) atoms. The first kappa shape index (κ1) is 20.8. The number of carbonyl (C=O) groups excluding carboxylic acids is 1. The van der Waals surface area contributed by atoms with Crippen molar-refractivity contribution in [3.63, 3.8) is 0 Å². The van der Waals surface area contributed by atoms with Gasteiger partial charge in [0.1, 0.15) is 5.76 Å². The highest BCUT2D eigenvalue weighted by atomic mass is 32.1. The van der Waals surface area contributed by atoms with Crippen LogP contribution in [0.2, 0.25) is 0 Å². The van der Waals surface area contributed by atoms with Gasteiger partial charge in [-0.3, -0.25) is 9.69 Å². The van der Waals surface area contributed by atoms with Crippen molar-refractivity contribution < 1.29 is 14.4 Å². The van der Waals surface area contributed by atoms with E-state index in [2.05, 4.69) is 21.4 Å². The average molecular weight is 426 g/mol. The van der Waals surface area contributed by atoms with Gasteiger partial charge in [0.05, 0.1) is 23.4 Å². The largest absolute Gasteiger partial charge is 0.388 e. The number of amides is 1. The predicted molar refractivity (Wildman–Crippen MR) is 116 cm³/mol. The van der Waals surface area contributed by atoms with Gasteiger partial charge in [0.2, 0.25) is 0 Å². The van der Waals surface area contributed by atoms with E-state index in [1.807, 2.05) is 50.4 Å². The topological polar surface area (TPSA) is 78.6 Å². The van der Waals surface area contributed by atoms with Crippen molar-refractivity contribution in [2.75, 3.05) is 6.54 Å². The van der Waals surface area contributed by atoms with Crippen LogP contribution in [0.25, 0.3) is 0 Å². The third kappa shape index (κ3) is 4.05. The van der Waals surface area contributed by atoms with Crippen LogP contribution in [0.5, 0.6) is 0 Å². The van der Waals surface area contributed by atoms with Crippen LogP contribution in [0.15, 0.2) is 52.4 Å². The zero-order valence-corrected chi connectivity index (χ0v) is 18.3. The van der Waals surface area contributed by atoms with Crippen LogP contribution in [0.1, 0.15) is 51.6 Å². The second-order valence-corrected chi connectivity index (χ2v) is 9.14. The van der Waals surface area contributed by atoms with Gasteiger partial charge in [0.25, 0.3) is 5.91 Å². The Morgan fingerprint density at radius 2 is 2.07 bits per heavy atom. The minimum atomic E-state index is -1.03. The number of hydrogen-bond acceptors (Lipinski definition) is 6. The lowest BCUT2D eigenvalue weighted by Crippen LogP contribution is -2.62. The summed E-state index contributed by atoms with van der Waals surface area (Å²) < 4.78 is 5.36. The Morgan fingerprint density at radius 3 is 2.70 bits per heavy atom. The summed E-state index contributed by atoms with van der Waals surface area (Å²) in [5, 5.41) is 20.5. The van der Waals surface area contributed by atoms with Gasteiger partial charge in [0, 0.05) is 29.1 Å². The predicted octanol–water partition coefficient (Wildman–Crippen LogP) is 3.85. The molecule has 1 aliphatic rings. The molecule has 158 valence electrons. The Balaban J connectivity index is 1.68. The smallest absolute Gasteiger partial charge is 0.251 e. The van der Waals surface area contributed by atoms with E-state index in [4.69, 9.17) is 4.52 Å². The Labute approximate surface area is 180 Å². The summed E-state index contributed by atoms with van der Waals surface area (Å²) in [7, 11) is 0. The highest BCUT2D eigenvalue weighted by Gasteiger charge is 2.46. The molecule has 0 spiro atoms. The molecule has 1 saturated heterocycles. The van der Waals surface area contributed by atoms with Gasteiger partial charge in [-0.15, -0.1) is 11.3 Å². The van der Waals surface area contributed by atoms with Crippen LogP contribution in [0.4, 0.5) is 0 Å². The van der Waals surface area contributed by atoms with Crippen molar-refractivity contribution in [1.29, 1.82) is 0 Å². The Bertz CT molecular complexity index is 979. The second-order valence-electron chi connectivity index (χ2n) is 8.16. The molecular weight excluding hydrogens is 398 g/mol. The van der Waals surface area contributed by atoms with Gasteiger partial charge >= 0.3 is 0 Å². The van der Waals surface area contributed by atoms with Crippen molar-refractivity contribution in [2.45, 2.75) is 51.4 Å². The van der Waals surface area contributed by atoms with E-state index < -0.39 is 11.6 Å². The fraction of sp³-hybridized carbons (Fsp3) is 0.391. The molecule has 4 rings (SSSR count). The molecule has 0 radical (unpaired) electrons. The molecule has 1 aromatic carbocycles. The molecule has 0 bridgehead atoms. The van der Waals surface area contributed by atoms with E-state index in [1.165, 1.54) is 0 Å². The molecule has 1 aliphatic heterocycles. The van der Waals surface area contributed by atoms with Crippen LogP contribution >= 0.6 is 11.3 Å². The van der Waals surface area contributed by atoms with Crippen molar-refractivity contribution in [3.05, 3.63) is 75.3 Å². The molecule has 6 nitrogen and oxygen atoms in total. The first-order chi connectivity index (χ1) is 14.4. The molecule has 3 heterocycles. The molecule has 7 heteroatoms. The number of aryl methyl sites for hydroxylation is 2. The number of benzene rings is 1. The maximum absolute atomic E-state index is 13.0. The molecule has 1 fully saturated rings.